The van der Waals surface area contributed by atoms with Crippen LogP contribution in [0.4, 0.5) is 4.39 Å². The zero-order valence-electron chi connectivity index (χ0n) is 13.0. The number of hydrogen-bond donors (Lipinski definition) is 0. The standard InChI is InChI=1S/C17H25FO2/c1-5-12-8-13(10-17(2,3)4)16(15(18)9-12)20-14-6-7-19-11-14/h8-9,14H,5-7,10-11H2,1-4H3/t14-/m1/s1. The van der Waals surface area contributed by atoms with E-state index in [9.17, 15) is 4.39 Å². The third-order valence-electron chi connectivity index (χ3n) is 3.48. The fourth-order valence-electron chi connectivity index (χ4n) is 2.52. The molecule has 20 heavy (non-hydrogen) atoms. The number of hydrogen-bond acceptors (Lipinski definition) is 2. The first-order chi connectivity index (χ1) is 9.39. The van der Waals surface area contributed by atoms with Gasteiger partial charge in [-0.1, -0.05) is 33.8 Å². The molecule has 0 saturated carbocycles. The Morgan fingerprint density at radius 3 is 2.65 bits per heavy atom. The van der Waals surface area contributed by atoms with Gasteiger partial charge in [0.1, 0.15) is 6.10 Å². The summed E-state index contributed by atoms with van der Waals surface area (Å²) in [7, 11) is 0. The van der Waals surface area contributed by atoms with E-state index in [2.05, 4.69) is 26.8 Å². The van der Waals surface area contributed by atoms with Crippen LogP contribution in [0.25, 0.3) is 0 Å². The van der Waals surface area contributed by atoms with Gasteiger partial charge in [0.2, 0.25) is 0 Å². The number of halogens is 1. The van der Waals surface area contributed by atoms with Crippen molar-refractivity contribution in [1.82, 2.24) is 0 Å². The summed E-state index contributed by atoms with van der Waals surface area (Å²) < 4.78 is 25.6. The van der Waals surface area contributed by atoms with E-state index >= 15 is 0 Å². The summed E-state index contributed by atoms with van der Waals surface area (Å²) in [6, 6.07) is 3.68. The van der Waals surface area contributed by atoms with Crippen LogP contribution in [-0.2, 0) is 17.6 Å². The molecule has 1 aliphatic rings. The molecule has 2 nitrogen and oxygen atoms in total. The summed E-state index contributed by atoms with van der Waals surface area (Å²) in [5.41, 5.74) is 2.10. The van der Waals surface area contributed by atoms with Crippen LogP contribution in [0.5, 0.6) is 5.75 Å². The van der Waals surface area contributed by atoms with Gasteiger partial charge in [0.25, 0.3) is 0 Å². The summed E-state index contributed by atoms with van der Waals surface area (Å²) >= 11 is 0. The van der Waals surface area contributed by atoms with Crippen LogP contribution in [-0.4, -0.2) is 19.3 Å². The van der Waals surface area contributed by atoms with Crippen LogP contribution >= 0.6 is 0 Å². The minimum atomic E-state index is -0.240. The Balaban J connectivity index is 2.30. The lowest BCUT2D eigenvalue weighted by Gasteiger charge is -2.23. The minimum absolute atomic E-state index is 0.0179. The molecule has 2 rings (SSSR count). The van der Waals surface area contributed by atoms with Crippen molar-refractivity contribution < 1.29 is 13.9 Å². The molecule has 1 aromatic carbocycles. The molecule has 0 unspecified atom stereocenters. The summed E-state index contributed by atoms with van der Waals surface area (Å²) in [6.45, 7) is 9.78. The van der Waals surface area contributed by atoms with Gasteiger partial charge in [-0.05, 0) is 35.4 Å². The van der Waals surface area contributed by atoms with Crippen molar-refractivity contribution in [3.63, 3.8) is 0 Å². The highest BCUT2D eigenvalue weighted by molar-refractivity contribution is 5.39. The zero-order valence-corrected chi connectivity index (χ0v) is 13.0. The molecule has 0 spiro atoms. The van der Waals surface area contributed by atoms with Gasteiger partial charge in [-0.15, -0.1) is 0 Å². The molecule has 1 heterocycles. The van der Waals surface area contributed by atoms with Gasteiger partial charge in [-0.3, -0.25) is 0 Å². The van der Waals surface area contributed by atoms with E-state index in [1.54, 1.807) is 6.07 Å². The van der Waals surface area contributed by atoms with Gasteiger partial charge in [-0.2, -0.15) is 0 Å². The molecule has 0 bridgehead atoms. The highest BCUT2D eigenvalue weighted by Gasteiger charge is 2.23. The van der Waals surface area contributed by atoms with Crippen LogP contribution in [0.2, 0.25) is 0 Å². The lowest BCUT2D eigenvalue weighted by atomic mass is 9.87. The topological polar surface area (TPSA) is 18.5 Å². The Hall–Kier alpha value is -1.09. The van der Waals surface area contributed by atoms with Gasteiger partial charge in [-0.25, -0.2) is 4.39 Å². The van der Waals surface area contributed by atoms with Gasteiger partial charge < -0.3 is 9.47 Å². The summed E-state index contributed by atoms with van der Waals surface area (Å²) in [5, 5.41) is 0. The van der Waals surface area contributed by atoms with E-state index in [1.165, 1.54) is 0 Å². The first kappa shape index (κ1) is 15.3. The smallest absolute Gasteiger partial charge is 0.165 e. The number of aryl methyl sites for hydroxylation is 1. The Labute approximate surface area is 121 Å². The van der Waals surface area contributed by atoms with E-state index < -0.39 is 0 Å². The molecule has 0 N–H and O–H groups in total. The Morgan fingerprint density at radius 1 is 1.35 bits per heavy atom. The highest BCUT2D eigenvalue weighted by atomic mass is 19.1. The van der Waals surface area contributed by atoms with Crippen molar-refractivity contribution in [2.75, 3.05) is 13.2 Å². The average Bonchev–Trinajstić information content (AvgIpc) is 2.84. The molecule has 1 fully saturated rings. The molecule has 1 atom stereocenters. The maximum absolute atomic E-state index is 14.4. The molecule has 1 saturated heterocycles. The average molecular weight is 280 g/mol. The van der Waals surface area contributed by atoms with Crippen LogP contribution in [0, 0.1) is 11.2 Å². The lowest BCUT2D eigenvalue weighted by Crippen LogP contribution is -2.19. The molecular weight excluding hydrogens is 255 g/mol. The maximum atomic E-state index is 14.4. The minimum Gasteiger partial charge on any atom is -0.485 e. The summed E-state index contributed by atoms with van der Waals surface area (Å²) in [6.07, 6.45) is 2.46. The van der Waals surface area contributed by atoms with Crippen molar-refractivity contribution >= 4 is 0 Å². The third-order valence-corrected chi connectivity index (χ3v) is 3.48. The normalized spacial score (nSPS) is 19.4. The largest absolute Gasteiger partial charge is 0.485 e. The highest BCUT2D eigenvalue weighted by Crippen LogP contribution is 2.32. The third kappa shape index (κ3) is 3.95. The van der Waals surface area contributed by atoms with Crippen molar-refractivity contribution in [2.24, 2.45) is 5.41 Å². The van der Waals surface area contributed by atoms with Crippen molar-refractivity contribution in [3.05, 3.63) is 29.1 Å². The first-order valence-electron chi connectivity index (χ1n) is 7.45. The predicted molar refractivity (Wildman–Crippen MR) is 78.8 cm³/mol. The van der Waals surface area contributed by atoms with Crippen LogP contribution in [0.3, 0.4) is 0 Å². The van der Waals surface area contributed by atoms with Crippen LogP contribution < -0.4 is 4.74 Å². The van der Waals surface area contributed by atoms with Gasteiger partial charge in [0.15, 0.2) is 11.6 Å². The molecule has 0 radical (unpaired) electrons. The van der Waals surface area contributed by atoms with Crippen LogP contribution in [0.15, 0.2) is 12.1 Å². The van der Waals surface area contributed by atoms with Gasteiger partial charge >= 0.3 is 0 Å². The summed E-state index contributed by atoms with van der Waals surface area (Å²) in [4.78, 5) is 0. The quantitative estimate of drug-likeness (QED) is 0.825. The predicted octanol–water partition coefficient (Wildman–Crippen LogP) is 4.14. The molecule has 0 aliphatic carbocycles. The summed E-state index contributed by atoms with van der Waals surface area (Å²) in [5.74, 6) is 0.183. The van der Waals surface area contributed by atoms with Gasteiger partial charge in [0, 0.05) is 6.42 Å². The second-order valence-electron chi connectivity index (χ2n) is 6.76. The fraction of sp³-hybridized carbons (Fsp3) is 0.647. The number of ether oxygens (including phenoxy) is 2. The molecule has 0 aromatic heterocycles. The molecule has 1 aromatic rings. The van der Waals surface area contributed by atoms with E-state index in [1.807, 2.05) is 6.92 Å². The molecule has 1 aliphatic heterocycles. The molecular formula is C17H25FO2. The van der Waals surface area contributed by atoms with Crippen molar-refractivity contribution in [3.8, 4) is 5.75 Å². The van der Waals surface area contributed by atoms with Crippen LogP contribution in [0.1, 0.15) is 45.2 Å². The van der Waals surface area contributed by atoms with E-state index in [0.717, 1.165) is 30.4 Å². The van der Waals surface area contributed by atoms with Crippen molar-refractivity contribution in [2.45, 2.75) is 53.1 Å². The second kappa shape index (κ2) is 6.13. The SMILES string of the molecule is CCc1cc(F)c(O[C@@H]2CCOC2)c(CC(C)(C)C)c1. The van der Waals surface area contributed by atoms with E-state index in [4.69, 9.17) is 9.47 Å². The molecule has 3 heteroatoms. The fourth-order valence-corrected chi connectivity index (χ4v) is 2.52. The second-order valence-corrected chi connectivity index (χ2v) is 6.76. The van der Waals surface area contributed by atoms with Gasteiger partial charge in [0.05, 0.1) is 13.2 Å². The molecule has 112 valence electrons. The van der Waals surface area contributed by atoms with E-state index in [0.29, 0.717) is 19.0 Å². The maximum Gasteiger partial charge on any atom is 0.165 e. The molecule has 0 amide bonds. The Bertz CT molecular complexity index is 457. The Kier molecular flexibility index (Phi) is 4.69. The zero-order chi connectivity index (χ0) is 14.8. The Morgan fingerprint density at radius 2 is 2.10 bits per heavy atom. The number of benzene rings is 1. The monoisotopic (exact) mass is 280 g/mol. The lowest BCUT2D eigenvalue weighted by molar-refractivity contribution is 0.137. The van der Waals surface area contributed by atoms with Crippen molar-refractivity contribution in [1.29, 1.82) is 0 Å². The number of rotatable bonds is 4. The van der Waals surface area contributed by atoms with E-state index in [-0.39, 0.29) is 17.3 Å². The first-order valence-corrected chi connectivity index (χ1v) is 7.45.